The van der Waals surface area contributed by atoms with Gasteiger partial charge in [0.05, 0.1) is 34.3 Å². The van der Waals surface area contributed by atoms with Crippen LogP contribution in [-0.4, -0.2) is 57.8 Å². The predicted octanol–water partition coefficient (Wildman–Crippen LogP) is 5.65. The highest BCUT2D eigenvalue weighted by Crippen LogP contribution is 2.42. The summed E-state index contributed by atoms with van der Waals surface area (Å²) in [5, 5.41) is 0.768. The Hall–Kier alpha value is -2.83. The highest BCUT2D eigenvalue weighted by Gasteiger charge is 2.47. The van der Waals surface area contributed by atoms with E-state index in [1.165, 1.54) is 25.3 Å². The van der Waals surface area contributed by atoms with Crippen molar-refractivity contribution in [1.82, 2.24) is 19.7 Å². The number of carbonyl (C=O) groups excluding carboxylic acids is 2. The summed E-state index contributed by atoms with van der Waals surface area (Å²) in [5.41, 5.74) is -3.15. The minimum atomic E-state index is -4.99. The first-order valence-electron chi connectivity index (χ1n) is 11.2. The van der Waals surface area contributed by atoms with E-state index < -0.39 is 41.6 Å². The summed E-state index contributed by atoms with van der Waals surface area (Å²) in [5.74, 6) is -0.0105. The molecule has 2 unspecified atom stereocenters. The number of fused-ring (bicyclic) bond motifs is 1. The second-order valence-corrected chi connectivity index (χ2v) is 10.3. The van der Waals surface area contributed by atoms with E-state index >= 15 is 0 Å². The van der Waals surface area contributed by atoms with Crippen molar-refractivity contribution in [2.45, 2.75) is 57.2 Å². The van der Waals surface area contributed by atoms with E-state index in [2.05, 4.69) is 4.98 Å². The van der Waals surface area contributed by atoms with Gasteiger partial charge in [0.15, 0.2) is 0 Å². The smallest absolute Gasteiger partial charge is 0.335 e. The molecule has 0 saturated carbocycles. The number of hydrogen-bond acceptors (Lipinski definition) is 4. The van der Waals surface area contributed by atoms with Gasteiger partial charge in [0, 0.05) is 37.6 Å². The third kappa shape index (κ3) is 4.89. The Bertz CT molecular complexity index is 1130. The minimum Gasteiger partial charge on any atom is -0.335 e. The molecule has 3 amide bonds. The SMILES string of the molecule is Cc1ncc(C2C3CCC(=O)N3CCN2C(=O)N(C)[C@H](C)c2cc(C(F)(F)F)cc(C(F)(F)F)c2)s1. The zero-order valence-corrected chi connectivity index (χ0v) is 20.5. The average molecular weight is 535 g/mol. The van der Waals surface area contributed by atoms with Crippen molar-refractivity contribution in [2.24, 2.45) is 0 Å². The largest absolute Gasteiger partial charge is 0.416 e. The number of hydrogen-bond donors (Lipinski definition) is 0. The van der Waals surface area contributed by atoms with Crippen molar-refractivity contribution >= 4 is 23.3 Å². The number of alkyl halides is 6. The molecule has 0 spiro atoms. The topological polar surface area (TPSA) is 56.8 Å². The monoisotopic (exact) mass is 534 g/mol. The van der Waals surface area contributed by atoms with Gasteiger partial charge in [-0.3, -0.25) is 4.79 Å². The maximum atomic E-state index is 13.6. The Morgan fingerprint density at radius 1 is 1.11 bits per heavy atom. The van der Waals surface area contributed by atoms with E-state index in [9.17, 15) is 35.9 Å². The van der Waals surface area contributed by atoms with Crippen LogP contribution in [0.3, 0.4) is 0 Å². The zero-order valence-electron chi connectivity index (χ0n) is 19.7. The molecule has 0 N–H and O–H groups in total. The Labute approximate surface area is 207 Å². The first kappa shape index (κ1) is 26.2. The molecule has 1 aromatic heterocycles. The third-order valence-corrected chi connectivity index (χ3v) is 7.79. The van der Waals surface area contributed by atoms with Gasteiger partial charge in [-0.2, -0.15) is 26.3 Å². The molecule has 196 valence electrons. The van der Waals surface area contributed by atoms with Crippen LogP contribution in [0.1, 0.15) is 58.4 Å². The number of aromatic nitrogens is 1. The molecule has 3 heterocycles. The van der Waals surface area contributed by atoms with E-state index in [0.29, 0.717) is 31.5 Å². The Morgan fingerprint density at radius 3 is 2.25 bits per heavy atom. The fourth-order valence-electron chi connectivity index (χ4n) is 4.82. The van der Waals surface area contributed by atoms with Crippen LogP contribution in [0.5, 0.6) is 0 Å². The number of piperazine rings is 1. The second-order valence-electron chi connectivity index (χ2n) is 9.02. The Kier molecular flexibility index (Phi) is 6.73. The third-order valence-electron chi connectivity index (χ3n) is 6.81. The molecule has 3 atom stereocenters. The van der Waals surface area contributed by atoms with E-state index in [1.54, 1.807) is 22.9 Å². The molecule has 0 bridgehead atoms. The summed E-state index contributed by atoms with van der Waals surface area (Å²) >= 11 is 1.38. The van der Waals surface area contributed by atoms with Crippen LogP contribution >= 0.6 is 11.3 Å². The minimum absolute atomic E-state index is 0.0105. The molecule has 2 fully saturated rings. The number of thiazole rings is 1. The second kappa shape index (κ2) is 9.24. The number of halogens is 6. The highest BCUT2D eigenvalue weighted by atomic mass is 32.1. The summed E-state index contributed by atoms with van der Waals surface area (Å²) in [6.07, 6.45) is -7.45. The van der Waals surface area contributed by atoms with Crippen LogP contribution in [-0.2, 0) is 17.1 Å². The molecule has 2 aliphatic heterocycles. The van der Waals surface area contributed by atoms with Crippen LogP contribution < -0.4 is 0 Å². The molecule has 13 heteroatoms. The normalized spacial score (nSPS) is 21.5. The van der Waals surface area contributed by atoms with E-state index in [4.69, 9.17) is 0 Å². The Balaban J connectivity index is 1.67. The molecule has 6 nitrogen and oxygen atoms in total. The number of amides is 3. The fraction of sp³-hybridized carbons (Fsp3) is 0.522. The lowest BCUT2D eigenvalue weighted by Gasteiger charge is -2.46. The van der Waals surface area contributed by atoms with Crippen molar-refractivity contribution in [3.63, 3.8) is 0 Å². The molecule has 4 rings (SSSR count). The maximum Gasteiger partial charge on any atom is 0.416 e. The van der Waals surface area contributed by atoms with E-state index in [0.717, 1.165) is 14.8 Å². The molecule has 1 aromatic carbocycles. The number of urea groups is 1. The fourth-order valence-corrected chi connectivity index (χ4v) is 5.78. The molecule has 2 saturated heterocycles. The van der Waals surface area contributed by atoms with Gasteiger partial charge in [0.1, 0.15) is 0 Å². The first-order chi connectivity index (χ1) is 16.7. The van der Waals surface area contributed by atoms with Crippen molar-refractivity contribution < 1.29 is 35.9 Å². The van der Waals surface area contributed by atoms with Crippen molar-refractivity contribution in [3.8, 4) is 0 Å². The summed E-state index contributed by atoms with van der Waals surface area (Å²) in [4.78, 5) is 35.4. The summed E-state index contributed by atoms with van der Waals surface area (Å²) in [6, 6.07) is -1.08. The van der Waals surface area contributed by atoms with Gasteiger partial charge < -0.3 is 14.7 Å². The van der Waals surface area contributed by atoms with E-state index in [1.807, 2.05) is 0 Å². The lowest BCUT2D eigenvalue weighted by molar-refractivity contribution is -0.143. The van der Waals surface area contributed by atoms with Crippen molar-refractivity contribution in [1.29, 1.82) is 0 Å². The molecular weight excluding hydrogens is 510 g/mol. The van der Waals surface area contributed by atoms with Crippen LogP contribution in [0.4, 0.5) is 31.1 Å². The van der Waals surface area contributed by atoms with Gasteiger partial charge in [-0.25, -0.2) is 9.78 Å². The number of rotatable bonds is 3. The average Bonchev–Trinajstić information content (AvgIpc) is 3.41. The number of carbonyl (C=O) groups is 2. The quantitative estimate of drug-likeness (QED) is 0.479. The molecule has 2 aliphatic rings. The number of nitrogens with zero attached hydrogens (tertiary/aromatic N) is 4. The lowest BCUT2D eigenvalue weighted by Crippen LogP contribution is -2.57. The van der Waals surface area contributed by atoms with E-state index in [-0.39, 0.29) is 30.1 Å². The number of benzene rings is 1. The first-order valence-corrected chi connectivity index (χ1v) is 12.0. The van der Waals surface area contributed by atoms with Gasteiger partial charge in [-0.1, -0.05) is 0 Å². The van der Waals surface area contributed by atoms with Crippen molar-refractivity contribution in [2.75, 3.05) is 20.1 Å². The van der Waals surface area contributed by atoms with Gasteiger partial charge in [-0.15, -0.1) is 11.3 Å². The lowest BCUT2D eigenvalue weighted by atomic mass is 9.98. The van der Waals surface area contributed by atoms with Gasteiger partial charge in [0.2, 0.25) is 5.91 Å². The molecule has 0 radical (unpaired) electrons. The molecule has 36 heavy (non-hydrogen) atoms. The van der Waals surface area contributed by atoms with Crippen LogP contribution in [0.25, 0.3) is 0 Å². The van der Waals surface area contributed by atoms with Crippen LogP contribution in [0, 0.1) is 6.92 Å². The Morgan fingerprint density at radius 2 is 1.72 bits per heavy atom. The standard InChI is InChI=1S/C23H24F6N4O2S/c1-12(14-8-15(22(24,25)26)10-16(9-14)23(27,28)29)31(3)21(35)33-7-6-32-17(4-5-19(32)34)20(33)18-11-30-13(2)36-18/h8-12,17,20H,4-7H2,1-3H3/t12-,17?,20?/m1/s1. The van der Waals surface area contributed by atoms with Crippen LogP contribution in [0.15, 0.2) is 24.4 Å². The molecule has 2 aromatic rings. The zero-order chi connectivity index (χ0) is 26.6. The van der Waals surface area contributed by atoms with Crippen molar-refractivity contribution in [3.05, 3.63) is 51.0 Å². The summed E-state index contributed by atoms with van der Waals surface area (Å²) in [6.45, 7) is 3.67. The van der Waals surface area contributed by atoms with Gasteiger partial charge in [0.25, 0.3) is 0 Å². The predicted molar refractivity (Wildman–Crippen MR) is 119 cm³/mol. The number of aryl methyl sites for hydroxylation is 1. The van der Waals surface area contributed by atoms with Gasteiger partial charge >= 0.3 is 18.4 Å². The van der Waals surface area contributed by atoms with Gasteiger partial charge in [-0.05, 0) is 44.0 Å². The summed E-state index contributed by atoms with van der Waals surface area (Å²) in [7, 11) is 1.35. The molecule has 0 aliphatic carbocycles. The highest BCUT2D eigenvalue weighted by molar-refractivity contribution is 7.11. The molecular formula is C23H24F6N4O2S. The summed E-state index contributed by atoms with van der Waals surface area (Å²) < 4.78 is 80.1. The van der Waals surface area contributed by atoms with Crippen LogP contribution in [0.2, 0.25) is 0 Å². The maximum absolute atomic E-state index is 13.6.